The van der Waals surface area contributed by atoms with E-state index in [0.29, 0.717) is 0 Å². The van der Waals surface area contributed by atoms with Gasteiger partial charge in [-0.05, 0) is 27.7 Å². The van der Waals surface area contributed by atoms with E-state index >= 15 is 0 Å². The van der Waals surface area contributed by atoms with Crippen molar-refractivity contribution in [2.24, 2.45) is 0 Å². The van der Waals surface area contributed by atoms with Gasteiger partial charge in [-0.15, -0.1) is 0 Å². The van der Waals surface area contributed by atoms with Crippen LogP contribution in [0, 0.1) is 0 Å². The molecule has 4 heteroatoms. The molecule has 4 N–H and O–H groups in total. The summed E-state index contributed by atoms with van der Waals surface area (Å²) in [6, 6.07) is 0. The van der Waals surface area contributed by atoms with Gasteiger partial charge in [-0.25, -0.2) is 0 Å². The highest BCUT2D eigenvalue weighted by molar-refractivity contribution is 5.60. The number of aliphatic hydroxyl groups is 1. The minimum atomic E-state index is -1.08. The van der Waals surface area contributed by atoms with Gasteiger partial charge in [0, 0.05) is 5.97 Å². The van der Waals surface area contributed by atoms with Crippen LogP contribution in [0.3, 0.4) is 0 Å². The second-order valence-corrected chi connectivity index (χ2v) is 3.16. The van der Waals surface area contributed by atoms with Gasteiger partial charge < -0.3 is 20.7 Å². The monoisotopic (exact) mass is 163 g/mol. The van der Waals surface area contributed by atoms with E-state index in [1.54, 1.807) is 6.92 Å². The molecular formula is C7H17NO3. The molecule has 0 heterocycles. The van der Waals surface area contributed by atoms with Crippen molar-refractivity contribution < 1.29 is 20.7 Å². The zero-order valence-corrected chi connectivity index (χ0v) is 7.55. The predicted molar refractivity (Wildman–Crippen MR) is 39.3 cm³/mol. The molecule has 0 aliphatic carbocycles. The lowest BCUT2D eigenvalue weighted by Crippen LogP contribution is -2.73. The third-order valence-electron chi connectivity index (χ3n) is 1.13. The maximum atomic E-state index is 8.89. The van der Waals surface area contributed by atoms with Gasteiger partial charge in [0.05, 0.1) is 0 Å². The molecule has 1 unspecified atom stereocenters. The van der Waals surface area contributed by atoms with Crippen LogP contribution in [0.4, 0.5) is 0 Å². The smallest absolute Gasteiger partial charge is 0.115 e. The van der Waals surface area contributed by atoms with Crippen molar-refractivity contribution in [1.29, 1.82) is 0 Å². The molecule has 0 aromatic heterocycles. The summed E-state index contributed by atoms with van der Waals surface area (Å²) in [6.45, 7) is 6.52. The maximum absolute atomic E-state index is 8.89. The van der Waals surface area contributed by atoms with Crippen molar-refractivity contribution in [3.8, 4) is 0 Å². The first-order valence-electron chi connectivity index (χ1n) is 3.39. The summed E-state index contributed by atoms with van der Waals surface area (Å²) in [5.74, 6) is -1.08. The van der Waals surface area contributed by atoms with E-state index in [9.17, 15) is 0 Å². The molecule has 68 valence electrons. The van der Waals surface area contributed by atoms with E-state index in [4.69, 9.17) is 15.0 Å². The van der Waals surface area contributed by atoms with Crippen molar-refractivity contribution in [2.45, 2.75) is 39.3 Å². The molecule has 0 aliphatic rings. The van der Waals surface area contributed by atoms with Gasteiger partial charge in [-0.3, -0.25) is 0 Å². The minimum Gasteiger partial charge on any atom is -0.550 e. The fourth-order valence-electron chi connectivity index (χ4n) is 0. The zero-order valence-electron chi connectivity index (χ0n) is 7.55. The lowest BCUT2D eigenvalue weighted by atomic mass is 10.0. The summed E-state index contributed by atoms with van der Waals surface area (Å²) in [5.41, 5.74) is 3.53. The highest BCUT2D eigenvalue weighted by Gasteiger charge is 2.21. The number of hydrogen-bond acceptors (Lipinski definition) is 3. The first-order valence-corrected chi connectivity index (χ1v) is 3.39. The standard InChI is InChI=1S/C5H13NO.C2H4O2/c1-4(7)5(2,3)6;1-2(3)4/h4,7H,6H2,1-3H3;1H3,(H,3,4). The lowest BCUT2D eigenvalue weighted by molar-refractivity contribution is -0.482. The van der Waals surface area contributed by atoms with Gasteiger partial charge in [-0.1, -0.05) is 0 Å². The molecular weight excluding hydrogens is 146 g/mol. The van der Waals surface area contributed by atoms with E-state index in [1.807, 2.05) is 13.8 Å². The van der Waals surface area contributed by atoms with Crippen LogP contribution in [0.5, 0.6) is 0 Å². The Kier molecular flexibility index (Phi) is 6.03. The molecule has 0 rings (SSSR count). The quantitative estimate of drug-likeness (QED) is 0.475. The number of hydrogen-bond donors (Lipinski definition) is 2. The number of aliphatic hydroxyl groups excluding tert-OH is 1. The Hall–Kier alpha value is -0.610. The summed E-state index contributed by atoms with van der Waals surface area (Å²) in [4.78, 5) is 8.89. The third-order valence-corrected chi connectivity index (χ3v) is 1.13. The third kappa shape index (κ3) is 17.7. The molecule has 0 aliphatic heterocycles. The predicted octanol–water partition coefficient (Wildman–Crippen LogP) is -1.86. The van der Waals surface area contributed by atoms with Crippen LogP contribution in [0.25, 0.3) is 0 Å². The molecule has 0 fully saturated rings. The number of carboxylic acid groups (broad SMARTS) is 1. The summed E-state index contributed by atoms with van der Waals surface area (Å²) < 4.78 is 0. The van der Waals surface area contributed by atoms with Crippen molar-refractivity contribution >= 4 is 5.97 Å². The van der Waals surface area contributed by atoms with Crippen LogP contribution in [0.15, 0.2) is 0 Å². The SMILES string of the molecule is CC(=O)[O-].CC(O)C(C)(C)[NH3+]. The average Bonchev–Trinajstić information content (AvgIpc) is 1.59. The molecule has 0 amide bonds. The first-order chi connectivity index (χ1) is 4.68. The number of quaternary nitrogens is 1. The Bertz CT molecular complexity index is 111. The van der Waals surface area contributed by atoms with Crippen molar-refractivity contribution in [1.82, 2.24) is 0 Å². The van der Waals surface area contributed by atoms with Gasteiger partial charge in [-0.2, -0.15) is 0 Å². The summed E-state index contributed by atoms with van der Waals surface area (Å²) in [5, 5.41) is 17.7. The van der Waals surface area contributed by atoms with Gasteiger partial charge in [0.2, 0.25) is 0 Å². The Morgan fingerprint density at radius 1 is 1.64 bits per heavy atom. The fourth-order valence-corrected chi connectivity index (χ4v) is 0. The molecule has 0 saturated carbocycles. The lowest BCUT2D eigenvalue weighted by Gasteiger charge is -2.17. The number of carbonyl (C=O) groups excluding carboxylic acids is 1. The number of carboxylic acids is 1. The van der Waals surface area contributed by atoms with Crippen LogP contribution in [0.1, 0.15) is 27.7 Å². The number of carbonyl (C=O) groups is 1. The van der Waals surface area contributed by atoms with Gasteiger partial charge in [0.1, 0.15) is 11.6 Å². The molecule has 4 nitrogen and oxygen atoms in total. The van der Waals surface area contributed by atoms with Crippen LogP contribution >= 0.6 is 0 Å². The molecule has 11 heavy (non-hydrogen) atoms. The first kappa shape index (κ1) is 13.0. The van der Waals surface area contributed by atoms with Gasteiger partial charge in [0.15, 0.2) is 0 Å². The van der Waals surface area contributed by atoms with E-state index < -0.39 is 5.97 Å². The van der Waals surface area contributed by atoms with E-state index in [0.717, 1.165) is 6.92 Å². The van der Waals surface area contributed by atoms with Crippen LogP contribution in [-0.4, -0.2) is 22.7 Å². The Morgan fingerprint density at radius 2 is 1.73 bits per heavy atom. The van der Waals surface area contributed by atoms with Gasteiger partial charge in [0.25, 0.3) is 0 Å². The summed E-state index contributed by atoms with van der Waals surface area (Å²) in [7, 11) is 0. The normalized spacial score (nSPS) is 12.9. The Morgan fingerprint density at radius 3 is 1.73 bits per heavy atom. The van der Waals surface area contributed by atoms with Crippen molar-refractivity contribution in [2.75, 3.05) is 0 Å². The summed E-state index contributed by atoms with van der Waals surface area (Å²) in [6.07, 6.45) is -0.313. The molecule has 0 radical (unpaired) electrons. The number of rotatable bonds is 1. The molecule has 0 saturated heterocycles. The number of aliphatic carboxylic acids is 1. The molecule has 0 aromatic carbocycles. The highest BCUT2D eigenvalue weighted by atomic mass is 16.4. The molecule has 1 atom stereocenters. The fraction of sp³-hybridized carbons (Fsp3) is 0.857. The summed E-state index contributed by atoms with van der Waals surface area (Å²) >= 11 is 0. The van der Waals surface area contributed by atoms with E-state index in [2.05, 4.69) is 5.73 Å². The van der Waals surface area contributed by atoms with Crippen molar-refractivity contribution in [3.05, 3.63) is 0 Å². The Balaban J connectivity index is 0. The van der Waals surface area contributed by atoms with Crippen LogP contribution in [0.2, 0.25) is 0 Å². The molecule has 0 aromatic rings. The largest absolute Gasteiger partial charge is 0.550 e. The topological polar surface area (TPSA) is 88.0 Å². The molecule has 0 bridgehead atoms. The maximum Gasteiger partial charge on any atom is 0.115 e. The Labute approximate surface area is 67.0 Å². The zero-order chi connectivity index (χ0) is 9.65. The average molecular weight is 163 g/mol. The van der Waals surface area contributed by atoms with E-state index in [-0.39, 0.29) is 11.6 Å². The van der Waals surface area contributed by atoms with Crippen LogP contribution < -0.4 is 10.8 Å². The molecule has 0 spiro atoms. The van der Waals surface area contributed by atoms with Crippen molar-refractivity contribution in [3.63, 3.8) is 0 Å². The second-order valence-electron chi connectivity index (χ2n) is 3.16. The highest BCUT2D eigenvalue weighted by Crippen LogP contribution is 1.98. The minimum absolute atomic E-state index is 0.194. The second kappa shape index (κ2) is 5.09. The van der Waals surface area contributed by atoms with E-state index in [1.165, 1.54) is 0 Å². The van der Waals surface area contributed by atoms with Crippen LogP contribution in [-0.2, 0) is 4.79 Å². The van der Waals surface area contributed by atoms with Gasteiger partial charge >= 0.3 is 0 Å².